The summed E-state index contributed by atoms with van der Waals surface area (Å²) in [4.78, 5) is 20.6. The number of aromatic nitrogens is 3. The van der Waals surface area contributed by atoms with E-state index in [9.17, 15) is 4.79 Å². The van der Waals surface area contributed by atoms with Gasteiger partial charge in [-0.25, -0.2) is 4.52 Å². The lowest BCUT2D eigenvalue weighted by Crippen LogP contribution is -2.47. The Morgan fingerprint density at radius 2 is 2.00 bits per heavy atom. The molecule has 6 heteroatoms. The number of amides is 1. The maximum Gasteiger partial charge on any atom is 0.257 e. The van der Waals surface area contributed by atoms with Crippen LogP contribution >= 0.6 is 0 Å². The van der Waals surface area contributed by atoms with Crippen LogP contribution < -0.4 is 0 Å². The van der Waals surface area contributed by atoms with Crippen molar-refractivity contribution in [2.24, 2.45) is 0 Å². The summed E-state index contributed by atoms with van der Waals surface area (Å²) in [6.07, 6.45) is 6.70. The molecule has 0 radical (unpaired) electrons. The minimum Gasteiger partial charge on any atom is -0.336 e. The molecule has 6 nitrogen and oxygen atoms in total. The van der Waals surface area contributed by atoms with Crippen LogP contribution in [-0.4, -0.2) is 63.5 Å². The van der Waals surface area contributed by atoms with Crippen LogP contribution in [0.25, 0.3) is 5.52 Å². The third-order valence-electron chi connectivity index (χ3n) is 3.35. The normalized spacial score (nSPS) is 17.3. The van der Waals surface area contributed by atoms with Gasteiger partial charge in [-0.2, -0.15) is 5.10 Å². The molecule has 2 aromatic heterocycles. The molecule has 94 valence electrons. The zero-order valence-corrected chi connectivity index (χ0v) is 10.3. The molecule has 1 amide bonds. The summed E-state index contributed by atoms with van der Waals surface area (Å²) >= 11 is 0. The Balaban J connectivity index is 1.88. The summed E-state index contributed by atoms with van der Waals surface area (Å²) < 4.78 is 1.68. The van der Waals surface area contributed by atoms with Crippen LogP contribution in [0.1, 0.15) is 10.4 Å². The van der Waals surface area contributed by atoms with Crippen LogP contribution in [0, 0.1) is 0 Å². The Hall–Kier alpha value is -1.95. The van der Waals surface area contributed by atoms with Crippen molar-refractivity contribution in [3.05, 3.63) is 30.4 Å². The third kappa shape index (κ3) is 1.84. The lowest BCUT2D eigenvalue weighted by atomic mass is 10.2. The Kier molecular flexibility index (Phi) is 2.71. The summed E-state index contributed by atoms with van der Waals surface area (Å²) in [6.45, 7) is 3.38. The van der Waals surface area contributed by atoms with E-state index in [1.54, 1.807) is 29.3 Å². The monoisotopic (exact) mass is 245 g/mol. The highest BCUT2D eigenvalue weighted by molar-refractivity contribution is 6.00. The number of nitrogens with zero attached hydrogens (tertiary/aromatic N) is 5. The van der Waals surface area contributed by atoms with E-state index < -0.39 is 0 Å². The fourth-order valence-electron chi connectivity index (χ4n) is 2.18. The van der Waals surface area contributed by atoms with Crippen LogP contribution in [0.3, 0.4) is 0 Å². The standard InChI is InChI=1S/C12H15N5O/c1-15-4-6-16(7-5-15)12(18)10-8-14-17-3-2-13-9-11(10)17/h2-3,8-9H,4-7H2,1H3. The molecule has 0 spiro atoms. The van der Waals surface area contributed by atoms with E-state index in [0.717, 1.165) is 31.7 Å². The highest BCUT2D eigenvalue weighted by Gasteiger charge is 2.22. The van der Waals surface area contributed by atoms with Crippen molar-refractivity contribution < 1.29 is 4.79 Å². The van der Waals surface area contributed by atoms with Gasteiger partial charge >= 0.3 is 0 Å². The van der Waals surface area contributed by atoms with Crippen molar-refractivity contribution in [3.8, 4) is 0 Å². The molecule has 1 aliphatic heterocycles. The van der Waals surface area contributed by atoms with Crippen molar-refractivity contribution in [2.45, 2.75) is 0 Å². The quantitative estimate of drug-likeness (QED) is 0.716. The topological polar surface area (TPSA) is 53.7 Å². The second-order valence-corrected chi connectivity index (χ2v) is 4.56. The molecule has 0 aromatic carbocycles. The van der Waals surface area contributed by atoms with Crippen molar-refractivity contribution in [3.63, 3.8) is 0 Å². The molecule has 3 rings (SSSR count). The molecule has 3 heterocycles. The number of carbonyl (C=O) groups excluding carboxylic acids is 1. The van der Waals surface area contributed by atoms with Crippen molar-refractivity contribution in [1.29, 1.82) is 0 Å². The second kappa shape index (κ2) is 4.38. The zero-order chi connectivity index (χ0) is 12.5. The first-order valence-electron chi connectivity index (χ1n) is 6.01. The average Bonchev–Trinajstić information content (AvgIpc) is 2.82. The Morgan fingerprint density at radius 1 is 1.22 bits per heavy atom. The molecule has 1 aliphatic rings. The molecule has 0 aliphatic carbocycles. The van der Waals surface area contributed by atoms with Crippen LogP contribution in [0.5, 0.6) is 0 Å². The van der Waals surface area contributed by atoms with Crippen LogP contribution in [0.15, 0.2) is 24.8 Å². The van der Waals surface area contributed by atoms with Gasteiger partial charge in [-0.1, -0.05) is 0 Å². The van der Waals surface area contributed by atoms with Crippen LogP contribution in [0.4, 0.5) is 0 Å². The number of hydrogen-bond acceptors (Lipinski definition) is 4. The molecule has 0 atom stereocenters. The smallest absolute Gasteiger partial charge is 0.257 e. The predicted octanol–water partition coefficient (Wildman–Crippen LogP) is 0.117. The van der Waals surface area contributed by atoms with Gasteiger partial charge in [0.05, 0.1) is 23.5 Å². The summed E-state index contributed by atoms with van der Waals surface area (Å²) in [5.41, 5.74) is 1.40. The highest BCUT2D eigenvalue weighted by atomic mass is 16.2. The van der Waals surface area contributed by atoms with E-state index in [0.29, 0.717) is 5.56 Å². The molecule has 1 saturated heterocycles. The van der Waals surface area contributed by atoms with Gasteiger partial charge in [0.25, 0.3) is 5.91 Å². The first-order valence-corrected chi connectivity index (χ1v) is 6.01. The molecule has 2 aromatic rings. The molecular formula is C12H15N5O. The summed E-state index contributed by atoms with van der Waals surface area (Å²) in [6, 6.07) is 0. The average molecular weight is 245 g/mol. The lowest BCUT2D eigenvalue weighted by molar-refractivity contribution is 0.0666. The largest absolute Gasteiger partial charge is 0.336 e. The third-order valence-corrected chi connectivity index (χ3v) is 3.35. The van der Waals surface area contributed by atoms with Gasteiger partial charge < -0.3 is 9.80 Å². The van der Waals surface area contributed by atoms with Crippen molar-refractivity contribution >= 4 is 11.4 Å². The van der Waals surface area contributed by atoms with E-state index in [4.69, 9.17) is 0 Å². The Morgan fingerprint density at radius 3 is 2.78 bits per heavy atom. The van der Waals surface area contributed by atoms with E-state index in [1.807, 2.05) is 4.90 Å². The van der Waals surface area contributed by atoms with Gasteiger partial charge in [0.15, 0.2) is 0 Å². The second-order valence-electron chi connectivity index (χ2n) is 4.56. The van der Waals surface area contributed by atoms with Gasteiger partial charge in [-0.15, -0.1) is 0 Å². The van der Waals surface area contributed by atoms with Gasteiger partial charge in [-0.3, -0.25) is 9.78 Å². The van der Waals surface area contributed by atoms with E-state index in [1.165, 1.54) is 0 Å². The van der Waals surface area contributed by atoms with Gasteiger partial charge in [0.2, 0.25) is 0 Å². The van der Waals surface area contributed by atoms with Crippen molar-refractivity contribution in [1.82, 2.24) is 24.4 Å². The molecule has 18 heavy (non-hydrogen) atoms. The fraction of sp³-hybridized carbons (Fsp3) is 0.417. The number of likely N-dealkylation sites (N-methyl/N-ethyl adjacent to an activating group) is 1. The summed E-state index contributed by atoms with van der Waals surface area (Å²) in [5.74, 6) is 0.0473. The molecule has 1 fully saturated rings. The number of carbonyl (C=O) groups is 1. The fourth-order valence-corrected chi connectivity index (χ4v) is 2.18. The van der Waals surface area contributed by atoms with Gasteiger partial charge in [-0.05, 0) is 7.05 Å². The van der Waals surface area contributed by atoms with E-state index >= 15 is 0 Å². The first-order chi connectivity index (χ1) is 8.75. The maximum absolute atomic E-state index is 12.4. The molecule has 0 N–H and O–H groups in total. The number of fused-ring (bicyclic) bond motifs is 1. The maximum atomic E-state index is 12.4. The summed E-state index contributed by atoms with van der Waals surface area (Å²) in [7, 11) is 2.07. The van der Waals surface area contributed by atoms with Gasteiger partial charge in [0.1, 0.15) is 0 Å². The minimum absolute atomic E-state index is 0.0473. The minimum atomic E-state index is 0.0473. The number of hydrogen-bond donors (Lipinski definition) is 0. The highest BCUT2D eigenvalue weighted by Crippen LogP contribution is 2.13. The SMILES string of the molecule is CN1CCN(C(=O)c2cnn3ccncc23)CC1. The van der Waals surface area contributed by atoms with Crippen LogP contribution in [-0.2, 0) is 0 Å². The van der Waals surface area contributed by atoms with Crippen molar-refractivity contribution in [2.75, 3.05) is 33.2 Å². The Bertz CT molecular complexity index is 571. The zero-order valence-electron chi connectivity index (χ0n) is 10.3. The molecule has 0 saturated carbocycles. The summed E-state index contributed by atoms with van der Waals surface area (Å²) in [5, 5.41) is 4.17. The lowest BCUT2D eigenvalue weighted by Gasteiger charge is -2.32. The number of piperazine rings is 1. The molecular weight excluding hydrogens is 230 g/mol. The molecule has 0 bridgehead atoms. The number of rotatable bonds is 1. The predicted molar refractivity (Wildman–Crippen MR) is 66.4 cm³/mol. The molecule has 0 unspecified atom stereocenters. The van der Waals surface area contributed by atoms with Crippen LogP contribution in [0.2, 0.25) is 0 Å². The Labute approximate surface area is 105 Å². The van der Waals surface area contributed by atoms with E-state index in [2.05, 4.69) is 22.0 Å². The van der Waals surface area contributed by atoms with E-state index in [-0.39, 0.29) is 5.91 Å². The van der Waals surface area contributed by atoms with Gasteiger partial charge in [0, 0.05) is 38.6 Å². The first kappa shape index (κ1) is 11.2.